The van der Waals surface area contributed by atoms with Crippen LogP contribution in [0, 0.1) is 6.92 Å². The summed E-state index contributed by atoms with van der Waals surface area (Å²) in [6.07, 6.45) is 2.25. The van der Waals surface area contributed by atoms with Gasteiger partial charge in [-0.15, -0.1) is 0 Å². The Hall–Kier alpha value is -2.36. The normalized spacial score (nSPS) is 10.0. The molecule has 0 radical (unpaired) electrons. The van der Waals surface area contributed by atoms with Crippen molar-refractivity contribution < 1.29 is 14.3 Å². The van der Waals surface area contributed by atoms with E-state index in [9.17, 15) is 4.79 Å². The third-order valence-electron chi connectivity index (χ3n) is 2.54. The fourth-order valence-electron chi connectivity index (χ4n) is 1.64. The van der Waals surface area contributed by atoms with E-state index < -0.39 is 0 Å². The fraction of sp³-hybridized carbons (Fsp3) is 0.200. The number of rotatable bonds is 5. The SMILES string of the molecule is CCOc1ccc(Oc2ncc(C=O)cc2C)cc1. The van der Waals surface area contributed by atoms with Gasteiger partial charge in [-0.2, -0.15) is 0 Å². The minimum Gasteiger partial charge on any atom is -0.494 e. The maximum atomic E-state index is 10.6. The van der Waals surface area contributed by atoms with Crippen molar-refractivity contribution in [3.05, 3.63) is 47.7 Å². The molecule has 0 unspecified atom stereocenters. The average molecular weight is 257 g/mol. The maximum Gasteiger partial charge on any atom is 0.222 e. The van der Waals surface area contributed by atoms with Crippen LogP contribution in [-0.4, -0.2) is 17.9 Å². The van der Waals surface area contributed by atoms with Gasteiger partial charge < -0.3 is 9.47 Å². The highest BCUT2D eigenvalue weighted by molar-refractivity contribution is 5.74. The lowest BCUT2D eigenvalue weighted by Crippen LogP contribution is -1.94. The molecule has 0 aliphatic carbocycles. The second-order valence-corrected chi connectivity index (χ2v) is 4.02. The summed E-state index contributed by atoms with van der Waals surface area (Å²) in [7, 11) is 0. The van der Waals surface area contributed by atoms with Gasteiger partial charge in [0, 0.05) is 17.3 Å². The Balaban J connectivity index is 2.14. The van der Waals surface area contributed by atoms with E-state index in [-0.39, 0.29) is 0 Å². The first-order chi connectivity index (χ1) is 9.22. The van der Waals surface area contributed by atoms with Crippen molar-refractivity contribution in [3.8, 4) is 17.4 Å². The van der Waals surface area contributed by atoms with Crippen LogP contribution in [0.25, 0.3) is 0 Å². The Labute approximate surface area is 112 Å². The molecule has 0 aliphatic rings. The zero-order valence-electron chi connectivity index (χ0n) is 10.9. The van der Waals surface area contributed by atoms with E-state index in [2.05, 4.69) is 4.98 Å². The molecule has 1 aromatic carbocycles. The zero-order chi connectivity index (χ0) is 13.7. The molecule has 0 N–H and O–H groups in total. The summed E-state index contributed by atoms with van der Waals surface area (Å²) in [5, 5.41) is 0. The molecule has 0 spiro atoms. The Morgan fingerprint density at radius 3 is 2.47 bits per heavy atom. The number of hydrogen-bond acceptors (Lipinski definition) is 4. The van der Waals surface area contributed by atoms with Crippen LogP contribution in [0.15, 0.2) is 36.5 Å². The number of nitrogens with zero attached hydrogens (tertiary/aromatic N) is 1. The van der Waals surface area contributed by atoms with E-state index in [1.165, 1.54) is 6.20 Å². The zero-order valence-corrected chi connectivity index (χ0v) is 10.9. The van der Waals surface area contributed by atoms with E-state index in [0.29, 0.717) is 23.8 Å². The number of carbonyl (C=O) groups is 1. The van der Waals surface area contributed by atoms with Crippen LogP contribution in [0.5, 0.6) is 17.4 Å². The first-order valence-electron chi connectivity index (χ1n) is 6.05. The van der Waals surface area contributed by atoms with Gasteiger partial charge in [-0.05, 0) is 44.2 Å². The predicted molar refractivity (Wildman–Crippen MR) is 72.0 cm³/mol. The lowest BCUT2D eigenvalue weighted by Gasteiger charge is -2.08. The van der Waals surface area contributed by atoms with Crippen molar-refractivity contribution in [3.63, 3.8) is 0 Å². The van der Waals surface area contributed by atoms with E-state index in [4.69, 9.17) is 9.47 Å². The maximum absolute atomic E-state index is 10.6. The van der Waals surface area contributed by atoms with E-state index in [1.807, 2.05) is 38.1 Å². The molecular formula is C15H15NO3. The largest absolute Gasteiger partial charge is 0.494 e. The van der Waals surface area contributed by atoms with Gasteiger partial charge in [0.1, 0.15) is 11.5 Å². The number of benzene rings is 1. The topological polar surface area (TPSA) is 48.4 Å². The molecule has 1 heterocycles. The van der Waals surface area contributed by atoms with Crippen LogP contribution in [0.2, 0.25) is 0 Å². The Bertz CT molecular complexity index is 564. The quantitative estimate of drug-likeness (QED) is 0.770. The Morgan fingerprint density at radius 2 is 1.89 bits per heavy atom. The molecule has 0 amide bonds. The number of aryl methyl sites for hydroxylation is 1. The van der Waals surface area contributed by atoms with Crippen LogP contribution in [0.3, 0.4) is 0 Å². The van der Waals surface area contributed by atoms with Gasteiger partial charge >= 0.3 is 0 Å². The van der Waals surface area contributed by atoms with Gasteiger partial charge in [0.05, 0.1) is 6.61 Å². The fourth-order valence-corrected chi connectivity index (χ4v) is 1.64. The molecular weight excluding hydrogens is 242 g/mol. The second-order valence-electron chi connectivity index (χ2n) is 4.02. The molecule has 4 heteroatoms. The van der Waals surface area contributed by atoms with Crippen molar-refractivity contribution in [2.24, 2.45) is 0 Å². The molecule has 19 heavy (non-hydrogen) atoms. The molecule has 0 aliphatic heterocycles. The summed E-state index contributed by atoms with van der Waals surface area (Å²) in [5.41, 5.74) is 1.36. The highest BCUT2D eigenvalue weighted by Gasteiger charge is 2.04. The highest BCUT2D eigenvalue weighted by atomic mass is 16.5. The van der Waals surface area contributed by atoms with Gasteiger partial charge in [-0.25, -0.2) is 4.98 Å². The van der Waals surface area contributed by atoms with Crippen molar-refractivity contribution in [2.75, 3.05) is 6.61 Å². The van der Waals surface area contributed by atoms with E-state index >= 15 is 0 Å². The molecule has 0 saturated heterocycles. The highest BCUT2D eigenvalue weighted by Crippen LogP contribution is 2.24. The number of carbonyl (C=O) groups excluding carboxylic acids is 1. The summed E-state index contributed by atoms with van der Waals surface area (Å²) in [6, 6.07) is 9.06. The summed E-state index contributed by atoms with van der Waals surface area (Å²) in [4.78, 5) is 14.8. The molecule has 98 valence electrons. The van der Waals surface area contributed by atoms with Crippen LogP contribution in [0.1, 0.15) is 22.8 Å². The smallest absolute Gasteiger partial charge is 0.222 e. The lowest BCUT2D eigenvalue weighted by molar-refractivity contribution is 0.112. The van der Waals surface area contributed by atoms with Crippen LogP contribution in [0.4, 0.5) is 0 Å². The monoisotopic (exact) mass is 257 g/mol. The third-order valence-corrected chi connectivity index (χ3v) is 2.54. The van der Waals surface area contributed by atoms with Crippen molar-refractivity contribution in [1.82, 2.24) is 4.98 Å². The van der Waals surface area contributed by atoms with E-state index in [0.717, 1.165) is 17.6 Å². The average Bonchev–Trinajstić information content (AvgIpc) is 2.43. The minimum atomic E-state index is 0.495. The van der Waals surface area contributed by atoms with Crippen LogP contribution < -0.4 is 9.47 Å². The molecule has 2 rings (SSSR count). The Kier molecular flexibility index (Phi) is 4.13. The second kappa shape index (κ2) is 6.00. The van der Waals surface area contributed by atoms with Gasteiger partial charge in [0.25, 0.3) is 0 Å². The van der Waals surface area contributed by atoms with Gasteiger partial charge in [-0.3, -0.25) is 4.79 Å². The molecule has 0 atom stereocenters. The lowest BCUT2D eigenvalue weighted by atomic mass is 10.2. The van der Waals surface area contributed by atoms with Gasteiger partial charge in [-0.1, -0.05) is 0 Å². The summed E-state index contributed by atoms with van der Waals surface area (Å²) in [6.45, 7) is 4.42. The van der Waals surface area contributed by atoms with Crippen molar-refractivity contribution in [1.29, 1.82) is 0 Å². The molecule has 0 fully saturated rings. The molecule has 4 nitrogen and oxygen atoms in total. The summed E-state index contributed by atoms with van der Waals surface area (Å²) < 4.78 is 11.0. The number of aromatic nitrogens is 1. The first kappa shape index (κ1) is 13.1. The van der Waals surface area contributed by atoms with Crippen LogP contribution in [-0.2, 0) is 0 Å². The third kappa shape index (κ3) is 3.31. The number of hydrogen-bond donors (Lipinski definition) is 0. The summed E-state index contributed by atoms with van der Waals surface area (Å²) in [5.74, 6) is 1.98. The van der Waals surface area contributed by atoms with Crippen LogP contribution >= 0.6 is 0 Å². The molecule has 0 saturated carbocycles. The molecule has 2 aromatic rings. The number of pyridine rings is 1. The minimum absolute atomic E-state index is 0.495. The Morgan fingerprint density at radius 1 is 1.21 bits per heavy atom. The van der Waals surface area contributed by atoms with Gasteiger partial charge in [0.2, 0.25) is 5.88 Å². The molecule has 0 bridgehead atoms. The van der Waals surface area contributed by atoms with Gasteiger partial charge in [0.15, 0.2) is 6.29 Å². The van der Waals surface area contributed by atoms with Crippen molar-refractivity contribution in [2.45, 2.75) is 13.8 Å². The molecule has 1 aromatic heterocycles. The standard InChI is InChI=1S/C15H15NO3/c1-3-18-13-4-6-14(7-5-13)19-15-11(2)8-12(10-17)9-16-15/h4-10H,3H2,1-2H3. The van der Waals surface area contributed by atoms with E-state index in [1.54, 1.807) is 6.07 Å². The number of ether oxygens (including phenoxy) is 2. The number of aldehydes is 1. The first-order valence-corrected chi connectivity index (χ1v) is 6.05. The van der Waals surface area contributed by atoms with Crippen molar-refractivity contribution >= 4 is 6.29 Å². The predicted octanol–water partition coefficient (Wildman–Crippen LogP) is 3.39. The summed E-state index contributed by atoms with van der Waals surface area (Å²) >= 11 is 0.